The Balaban J connectivity index is 1.96. The normalized spacial score (nSPS) is 16.8. The van der Waals surface area contributed by atoms with Gasteiger partial charge in [-0.15, -0.1) is 0 Å². The Morgan fingerprint density at radius 2 is 1.31 bits per heavy atom. The Morgan fingerprint density at radius 1 is 0.885 bits per heavy atom. The number of rotatable bonds is 6. The number of aromatic hydroxyl groups is 2. The number of benzene rings is 1. The van der Waals surface area contributed by atoms with Gasteiger partial charge in [0, 0.05) is 14.2 Å². The Kier molecular flexibility index (Phi) is 5.66. The van der Waals surface area contributed by atoms with Crippen LogP contribution in [0.25, 0.3) is 0 Å². The third kappa shape index (κ3) is 3.25. The fraction of sp³-hybridized carbons (Fsp3) is 0.375. The van der Waals surface area contributed by atoms with Gasteiger partial charge in [0.2, 0.25) is 0 Å². The summed E-state index contributed by atoms with van der Waals surface area (Å²) in [5, 5.41) is 22.7. The van der Waals surface area contributed by atoms with Crippen molar-refractivity contribution in [2.45, 2.75) is 9.79 Å². The molecule has 140 valence electrons. The number of thioether (sulfide) groups is 2. The van der Waals surface area contributed by atoms with Crippen molar-refractivity contribution in [2.24, 2.45) is 0 Å². The lowest BCUT2D eigenvalue weighted by atomic mass is 10.3. The summed E-state index contributed by atoms with van der Waals surface area (Å²) >= 11 is 2.22. The van der Waals surface area contributed by atoms with Crippen LogP contribution in [0, 0.1) is 0 Å². The number of hydrogen-bond acceptors (Lipinski definition) is 8. The molecular formula is C16H18N2O6S2. The Bertz CT molecular complexity index is 721. The van der Waals surface area contributed by atoms with E-state index in [0.29, 0.717) is 14.0 Å². The van der Waals surface area contributed by atoms with Crippen LogP contribution in [0.1, 0.15) is 0 Å². The van der Waals surface area contributed by atoms with Crippen LogP contribution in [0.2, 0.25) is 0 Å². The van der Waals surface area contributed by atoms with E-state index >= 15 is 0 Å². The van der Waals surface area contributed by atoms with Gasteiger partial charge in [-0.25, -0.2) is 10.0 Å². The summed E-state index contributed by atoms with van der Waals surface area (Å²) < 4.78 is 10.5. The van der Waals surface area contributed by atoms with E-state index in [1.54, 1.807) is 0 Å². The molecule has 0 aromatic heterocycles. The Morgan fingerprint density at radius 3 is 1.69 bits per heavy atom. The van der Waals surface area contributed by atoms with Crippen molar-refractivity contribution in [3.05, 3.63) is 21.9 Å². The van der Waals surface area contributed by atoms with Gasteiger partial charge in [-0.1, -0.05) is 23.5 Å². The fourth-order valence-corrected chi connectivity index (χ4v) is 5.17. The second-order valence-electron chi connectivity index (χ2n) is 5.47. The van der Waals surface area contributed by atoms with E-state index in [9.17, 15) is 19.8 Å². The molecule has 2 amide bonds. The Labute approximate surface area is 158 Å². The smallest absolute Gasteiger partial charge is 0.279 e. The zero-order chi connectivity index (χ0) is 18.8. The van der Waals surface area contributed by atoms with E-state index in [0.717, 1.165) is 23.5 Å². The number of methoxy groups -OCH3 is 2. The predicted molar refractivity (Wildman–Crippen MR) is 95.7 cm³/mol. The van der Waals surface area contributed by atoms with Crippen LogP contribution in [0.15, 0.2) is 31.7 Å². The summed E-state index contributed by atoms with van der Waals surface area (Å²) in [6, 6.07) is 2.76. The Hall–Kier alpha value is -1.88. The lowest BCUT2D eigenvalue weighted by molar-refractivity contribution is -0.149. The van der Waals surface area contributed by atoms with Gasteiger partial charge in [-0.3, -0.25) is 9.59 Å². The highest BCUT2D eigenvalue weighted by Gasteiger charge is 2.44. The van der Waals surface area contributed by atoms with Crippen LogP contribution in [0.4, 0.5) is 0 Å². The number of ether oxygens (including phenoxy) is 2. The average Bonchev–Trinajstić information content (AvgIpc) is 3.15. The summed E-state index contributed by atoms with van der Waals surface area (Å²) in [7, 11) is 3.04. The maximum Gasteiger partial charge on any atom is 0.279 e. The van der Waals surface area contributed by atoms with Crippen LogP contribution < -0.4 is 0 Å². The van der Waals surface area contributed by atoms with Crippen molar-refractivity contribution in [2.75, 3.05) is 40.5 Å². The molecule has 0 unspecified atom stereocenters. The highest BCUT2D eigenvalue weighted by molar-refractivity contribution is 8.25. The molecule has 1 saturated heterocycles. The molecule has 1 aromatic carbocycles. The minimum atomic E-state index is -0.426. The number of hydrogen-bond donors (Lipinski definition) is 2. The molecule has 0 aliphatic carbocycles. The van der Waals surface area contributed by atoms with Crippen molar-refractivity contribution in [3.8, 4) is 11.5 Å². The second kappa shape index (κ2) is 7.78. The average molecular weight is 398 g/mol. The zero-order valence-electron chi connectivity index (χ0n) is 14.2. The van der Waals surface area contributed by atoms with Crippen molar-refractivity contribution in [3.63, 3.8) is 0 Å². The van der Waals surface area contributed by atoms with Crippen molar-refractivity contribution in [1.82, 2.24) is 10.0 Å². The first-order chi connectivity index (χ1) is 12.5. The molecule has 10 heteroatoms. The van der Waals surface area contributed by atoms with Crippen LogP contribution in [-0.2, 0) is 19.1 Å². The molecule has 2 heterocycles. The first kappa shape index (κ1) is 18.9. The first-order valence-electron chi connectivity index (χ1n) is 7.76. The highest BCUT2D eigenvalue weighted by Crippen LogP contribution is 2.58. The molecule has 26 heavy (non-hydrogen) atoms. The quantitative estimate of drug-likeness (QED) is 0.421. The van der Waals surface area contributed by atoms with E-state index < -0.39 is 11.8 Å². The third-order valence-electron chi connectivity index (χ3n) is 3.87. The first-order valence-corrected chi connectivity index (χ1v) is 9.39. The van der Waals surface area contributed by atoms with E-state index in [1.807, 2.05) is 0 Å². The van der Waals surface area contributed by atoms with Gasteiger partial charge < -0.3 is 19.7 Å². The summed E-state index contributed by atoms with van der Waals surface area (Å²) in [4.78, 5) is 26.6. The molecule has 0 atom stereocenters. The number of nitrogens with zero attached hydrogens (tertiary/aromatic N) is 2. The number of hydrazine groups is 1. The van der Waals surface area contributed by atoms with Gasteiger partial charge in [0.05, 0.1) is 40.3 Å². The number of phenols is 2. The monoisotopic (exact) mass is 398 g/mol. The minimum absolute atomic E-state index is 0.00345. The summed E-state index contributed by atoms with van der Waals surface area (Å²) in [6.07, 6.45) is 0. The van der Waals surface area contributed by atoms with Crippen LogP contribution in [0.5, 0.6) is 11.5 Å². The third-order valence-corrected chi connectivity index (χ3v) is 6.51. The lowest BCUT2D eigenvalue weighted by Crippen LogP contribution is -2.44. The van der Waals surface area contributed by atoms with Gasteiger partial charge in [0.25, 0.3) is 11.8 Å². The van der Waals surface area contributed by atoms with E-state index in [2.05, 4.69) is 0 Å². The molecule has 0 spiro atoms. The number of carbonyl (C=O) groups excluding carboxylic acids is 2. The minimum Gasteiger partial charge on any atom is -0.507 e. The van der Waals surface area contributed by atoms with E-state index in [1.165, 1.54) is 36.4 Å². The standard InChI is InChI=1S/C16H18N2O6S2/c1-23-7-5-17-14(21)11(15(22)18(17)6-8-24-2)16-25-12-9(19)3-4-10(20)13(12)26-16/h3-4,19-20H,5-8H2,1-2H3. The highest BCUT2D eigenvalue weighted by atomic mass is 32.2. The molecule has 8 nitrogen and oxygen atoms in total. The van der Waals surface area contributed by atoms with Crippen LogP contribution in [-0.4, -0.2) is 72.6 Å². The molecule has 2 aliphatic heterocycles. The van der Waals surface area contributed by atoms with Gasteiger partial charge >= 0.3 is 0 Å². The summed E-state index contributed by atoms with van der Waals surface area (Å²) in [5.41, 5.74) is 0.0298. The number of amides is 2. The molecule has 0 radical (unpaired) electrons. The van der Waals surface area contributed by atoms with Gasteiger partial charge in [-0.2, -0.15) is 0 Å². The molecule has 2 aliphatic rings. The second-order valence-corrected chi connectivity index (χ2v) is 7.77. The van der Waals surface area contributed by atoms with Crippen LogP contribution in [0.3, 0.4) is 0 Å². The number of fused-ring (bicyclic) bond motifs is 1. The fourth-order valence-electron chi connectivity index (χ4n) is 2.59. The molecule has 2 N–H and O–H groups in total. The van der Waals surface area contributed by atoms with Gasteiger partial charge in [0.1, 0.15) is 17.1 Å². The maximum absolute atomic E-state index is 12.9. The van der Waals surface area contributed by atoms with E-state index in [4.69, 9.17) is 9.47 Å². The largest absolute Gasteiger partial charge is 0.507 e. The topological polar surface area (TPSA) is 99.5 Å². The van der Waals surface area contributed by atoms with Crippen molar-refractivity contribution < 1.29 is 29.3 Å². The number of carbonyl (C=O) groups is 2. The molecule has 1 fully saturated rings. The SMILES string of the molecule is COCCN1C(=O)C(=C2Sc3c(O)ccc(O)c3S2)C(=O)N1CCOC. The zero-order valence-corrected chi connectivity index (χ0v) is 15.9. The summed E-state index contributed by atoms with van der Waals surface area (Å²) in [6.45, 7) is 1.04. The molecule has 3 rings (SSSR count). The molecule has 1 aromatic rings. The van der Waals surface area contributed by atoms with Gasteiger partial charge in [0.15, 0.2) is 0 Å². The van der Waals surface area contributed by atoms with Crippen molar-refractivity contribution >= 4 is 35.3 Å². The maximum atomic E-state index is 12.9. The molecule has 0 saturated carbocycles. The van der Waals surface area contributed by atoms with E-state index in [-0.39, 0.29) is 43.4 Å². The summed E-state index contributed by atoms with van der Waals surface area (Å²) in [5.74, 6) is -0.859. The number of phenolic OH excluding ortho intramolecular Hbond substituents is 2. The predicted octanol–water partition coefficient (Wildman–Crippen LogP) is 1.39. The van der Waals surface area contributed by atoms with Gasteiger partial charge in [-0.05, 0) is 12.1 Å². The molecule has 0 bridgehead atoms. The molecular weight excluding hydrogens is 380 g/mol. The van der Waals surface area contributed by atoms with Crippen molar-refractivity contribution in [1.29, 1.82) is 0 Å². The lowest BCUT2D eigenvalue weighted by Gasteiger charge is -2.26. The van der Waals surface area contributed by atoms with Crippen LogP contribution >= 0.6 is 23.5 Å².